The summed E-state index contributed by atoms with van der Waals surface area (Å²) in [7, 11) is -4.72. The van der Waals surface area contributed by atoms with Crippen LogP contribution in [0.3, 0.4) is 0 Å². The van der Waals surface area contributed by atoms with Gasteiger partial charge in [0.05, 0.1) is 13.2 Å². The molecule has 0 heterocycles. The molecule has 11 nitrogen and oxygen atoms in total. The number of rotatable bonds is 38. The lowest BCUT2D eigenvalue weighted by Gasteiger charge is -2.20. The van der Waals surface area contributed by atoms with Crippen LogP contribution in [0.5, 0.6) is 0 Å². The van der Waals surface area contributed by atoms with Crippen LogP contribution in [-0.4, -0.2) is 59.9 Å². The Morgan fingerprint density at radius 1 is 0.593 bits per heavy atom. The molecule has 0 fully saturated rings. The van der Waals surface area contributed by atoms with Gasteiger partial charge in [0.15, 0.2) is 6.10 Å². The third-order valence-corrected chi connectivity index (χ3v) is 9.64. The van der Waals surface area contributed by atoms with Crippen LogP contribution < -0.4 is 5.73 Å². The summed E-state index contributed by atoms with van der Waals surface area (Å²) in [6.45, 7) is 2.62. The normalized spacial score (nSPS) is 14.3. The highest BCUT2D eigenvalue weighted by Gasteiger charge is 2.28. The minimum atomic E-state index is -4.72. The summed E-state index contributed by atoms with van der Waals surface area (Å²) >= 11 is 0. The van der Waals surface area contributed by atoms with Crippen LogP contribution in [0.2, 0.25) is 0 Å². The number of carbonyl (C=O) groups is 3. The maximum Gasteiger partial charge on any atom is 0.472 e. The van der Waals surface area contributed by atoms with Gasteiger partial charge in [-0.3, -0.25) is 23.4 Å². The first-order valence-electron chi connectivity index (χ1n) is 20.7. The second-order valence-electron chi connectivity index (χ2n) is 13.8. The van der Waals surface area contributed by atoms with Gasteiger partial charge in [0, 0.05) is 12.8 Å². The summed E-state index contributed by atoms with van der Waals surface area (Å²) in [6.07, 6.45) is 40.4. The van der Waals surface area contributed by atoms with Crippen molar-refractivity contribution in [2.75, 3.05) is 19.8 Å². The highest BCUT2D eigenvalue weighted by Crippen LogP contribution is 2.43. The molecule has 0 saturated heterocycles. The van der Waals surface area contributed by atoms with E-state index >= 15 is 0 Å². The third kappa shape index (κ3) is 36.4. The Hall–Kier alpha value is -2.56. The Labute approximate surface area is 326 Å². The smallest absolute Gasteiger partial charge is 0.472 e. The van der Waals surface area contributed by atoms with Gasteiger partial charge in [-0.25, -0.2) is 4.57 Å². The molecule has 12 heteroatoms. The van der Waals surface area contributed by atoms with Crippen LogP contribution in [0.25, 0.3) is 0 Å². The zero-order chi connectivity index (χ0) is 40.0. The van der Waals surface area contributed by atoms with Crippen LogP contribution in [0.1, 0.15) is 168 Å². The fraction of sp³-hybridized carbons (Fsp3) is 0.738. The van der Waals surface area contributed by atoms with E-state index < -0.39 is 51.1 Å². The van der Waals surface area contributed by atoms with E-state index in [4.69, 9.17) is 24.8 Å². The molecule has 0 aromatic carbocycles. The van der Waals surface area contributed by atoms with Crippen molar-refractivity contribution in [3.63, 3.8) is 0 Å². The van der Waals surface area contributed by atoms with E-state index in [-0.39, 0.29) is 19.4 Å². The molecule has 0 saturated carbocycles. The van der Waals surface area contributed by atoms with Crippen LogP contribution in [-0.2, 0) is 37.5 Å². The Morgan fingerprint density at radius 3 is 1.56 bits per heavy atom. The molecule has 0 aliphatic heterocycles. The first-order chi connectivity index (χ1) is 26.1. The molecule has 312 valence electrons. The Bertz CT molecular complexity index is 1110. The third-order valence-electron chi connectivity index (χ3n) is 8.69. The zero-order valence-corrected chi connectivity index (χ0v) is 34.4. The molecule has 0 aliphatic carbocycles. The van der Waals surface area contributed by atoms with Gasteiger partial charge in [-0.2, -0.15) is 0 Å². The highest BCUT2D eigenvalue weighted by molar-refractivity contribution is 7.47. The lowest BCUT2D eigenvalue weighted by Crippen LogP contribution is -2.34. The Morgan fingerprint density at radius 2 is 1.04 bits per heavy atom. The number of nitrogens with two attached hydrogens (primary N) is 1. The van der Waals surface area contributed by atoms with E-state index in [9.17, 15) is 23.8 Å². The highest BCUT2D eigenvalue weighted by atomic mass is 31.2. The second-order valence-corrected chi connectivity index (χ2v) is 15.3. The van der Waals surface area contributed by atoms with Crippen molar-refractivity contribution in [3.8, 4) is 0 Å². The number of esters is 2. The van der Waals surface area contributed by atoms with Crippen LogP contribution in [0.15, 0.2) is 48.6 Å². The number of carboxylic acids is 1. The molecular formula is C42H74NO10P. The fourth-order valence-corrected chi connectivity index (χ4v) is 6.21. The van der Waals surface area contributed by atoms with Crippen LogP contribution in [0, 0.1) is 0 Å². The molecule has 0 aromatic heterocycles. The number of carbonyl (C=O) groups excluding carboxylic acids is 2. The zero-order valence-electron chi connectivity index (χ0n) is 33.6. The van der Waals surface area contributed by atoms with Crippen molar-refractivity contribution in [2.45, 2.75) is 180 Å². The van der Waals surface area contributed by atoms with Crippen molar-refractivity contribution in [3.05, 3.63) is 48.6 Å². The Kier molecular flexibility index (Phi) is 35.6. The van der Waals surface area contributed by atoms with Crippen molar-refractivity contribution in [2.24, 2.45) is 5.73 Å². The molecule has 0 aliphatic rings. The molecule has 0 spiro atoms. The maximum atomic E-state index is 12.6. The number of phosphoric acid groups is 1. The number of aliphatic carboxylic acids is 1. The Balaban J connectivity index is 4.40. The predicted molar refractivity (Wildman–Crippen MR) is 217 cm³/mol. The number of carboxylic acid groups (broad SMARTS) is 1. The summed E-state index contributed by atoms with van der Waals surface area (Å²) in [5.74, 6) is -2.43. The average molecular weight is 784 g/mol. The molecule has 54 heavy (non-hydrogen) atoms. The summed E-state index contributed by atoms with van der Waals surface area (Å²) < 4.78 is 32.6. The van der Waals surface area contributed by atoms with Gasteiger partial charge in [0.25, 0.3) is 0 Å². The molecule has 0 rings (SSSR count). The summed E-state index contributed by atoms with van der Waals surface area (Å²) in [6, 6.07) is -1.53. The van der Waals surface area contributed by atoms with E-state index in [0.717, 1.165) is 44.9 Å². The van der Waals surface area contributed by atoms with Crippen molar-refractivity contribution in [1.29, 1.82) is 0 Å². The number of ether oxygens (including phenoxy) is 2. The molecule has 0 bridgehead atoms. The molecule has 4 N–H and O–H groups in total. The minimum absolute atomic E-state index is 0.115. The molecular weight excluding hydrogens is 709 g/mol. The van der Waals surface area contributed by atoms with Gasteiger partial charge < -0.3 is 25.2 Å². The quantitative estimate of drug-likeness (QED) is 0.0235. The lowest BCUT2D eigenvalue weighted by molar-refractivity contribution is -0.161. The first kappa shape index (κ1) is 51.4. The van der Waals surface area contributed by atoms with E-state index in [1.54, 1.807) is 0 Å². The second kappa shape index (κ2) is 37.4. The topological polar surface area (TPSA) is 172 Å². The van der Waals surface area contributed by atoms with Gasteiger partial charge in [-0.15, -0.1) is 0 Å². The van der Waals surface area contributed by atoms with Gasteiger partial charge in [0.2, 0.25) is 0 Å². The number of phosphoric ester groups is 1. The predicted octanol–water partition coefficient (Wildman–Crippen LogP) is 10.6. The number of hydrogen-bond donors (Lipinski definition) is 3. The molecule has 3 atom stereocenters. The number of allylic oxidation sites excluding steroid dienone is 8. The molecule has 2 unspecified atom stereocenters. The summed E-state index contributed by atoms with van der Waals surface area (Å²) in [5.41, 5.74) is 5.32. The largest absolute Gasteiger partial charge is 0.480 e. The summed E-state index contributed by atoms with van der Waals surface area (Å²) in [4.78, 5) is 45.8. The van der Waals surface area contributed by atoms with Crippen molar-refractivity contribution >= 4 is 25.7 Å². The number of hydrogen-bond acceptors (Lipinski definition) is 9. The average Bonchev–Trinajstić information content (AvgIpc) is 3.14. The lowest BCUT2D eigenvalue weighted by atomic mass is 10.0. The van der Waals surface area contributed by atoms with Gasteiger partial charge in [0.1, 0.15) is 12.6 Å². The minimum Gasteiger partial charge on any atom is -0.480 e. The molecule has 0 aromatic rings. The number of unbranched alkanes of at least 4 members (excludes halogenated alkanes) is 19. The SMILES string of the molecule is CC/C=C/C=C/C=C/C=C/CCCCCC(=O)OC(COC(=O)CCCCCCCCCCCCCCCCCCC)COP(=O)(O)OC[C@H](N)C(=O)O. The summed E-state index contributed by atoms with van der Waals surface area (Å²) in [5, 5.41) is 8.87. The van der Waals surface area contributed by atoms with Crippen LogP contribution >= 0.6 is 7.82 Å². The maximum absolute atomic E-state index is 12.6. The molecule has 0 radical (unpaired) electrons. The standard InChI is InChI=1S/C42H74NO10P/c1-3-5-7-9-11-13-15-17-18-19-20-22-23-25-27-29-31-33-40(44)50-35-38(36-51-54(48,49)52-37-39(43)42(46)47)53-41(45)34-32-30-28-26-24-21-16-14-12-10-8-6-4-2/h6,8,10,12,14,16,21,24,38-39H,3-5,7,9,11,13,15,17-20,22-23,25-37,43H2,1-2H3,(H,46,47)(H,48,49)/b8-6+,12-10+,16-14+,24-21+/t38?,39-/m0/s1. The fourth-order valence-electron chi connectivity index (χ4n) is 5.43. The van der Waals surface area contributed by atoms with Crippen molar-refractivity contribution < 1.29 is 47.5 Å². The first-order valence-corrected chi connectivity index (χ1v) is 22.2. The van der Waals surface area contributed by atoms with Crippen LogP contribution in [0.4, 0.5) is 0 Å². The van der Waals surface area contributed by atoms with E-state index in [2.05, 4.69) is 30.5 Å². The van der Waals surface area contributed by atoms with E-state index in [1.165, 1.54) is 83.5 Å². The monoisotopic (exact) mass is 784 g/mol. The molecule has 0 amide bonds. The van der Waals surface area contributed by atoms with E-state index in [1.807, 2.05) is 36.5 Å². The van der Waals surface area contributed by atoms with E-state index in [0.29, 0.717) is 12.8 Å². The van der Waals surface area contributed by atoms with Gasteiger partial charge in [-0.05, 0) is 32.1 Å². The van der Waals surface area contributed by atoms with Crippen molar-refractivity contribution in [1.82, 2.24) is 0 Å². The van der Waals surface area contributed by atoms with Gasteiger partial charge >= 0.3 is 25.7 Å². The van der Waals surface area contributed by atoms with Gasteiger partial charge in [-0.1, -0.05) is 172 Å².